The maximum atomic E-state index is 11.3. The van der Waals surface area contributed by atoms with Crippen LogP contribution < -0.4 is 10.9 Å². The summed E-state index contributed by atoms with van der Waals surface area (Å²) in [6.45, 7) is 2.84. The number of nitrogens with one attached hydrogen (secondary N) is 2. The van der Waals surface area contributed by atoms with Gasteiger partial charge in [0.05, 0.1) is 0 Å². The third-order valence-corrected chi connectivity index (χ3v) is 3.69. The minimum Gasteiger partial charge on any atom is -0.370 e. The monoisotopic (exact) mass is 289 g/mol. The number of anilines is 1. The van der Waals surface area contributed by atoms with Crippen LogP contribution in [-0.2, 0) is 0 Å². The number of hydrogen-bond donors (Lipinski definition) is 2. The van der Waals surface area contributed by atoms with E-state index in [1.165, 1.54) is 24.0 Å². The summed E-state index contributed by atoms with van der Waals surface area (Å²) in [6, 6.07) is 3.27. The summed E-state index contributed by atoms with van der Waals surface area (Å²) in [5.74, 6) is 2.19. The topological polar surface area (TPSA) is 83.6 Å². The maximum absolute atomic E-state index is 11.3. The van der Waals surface area contributed by atoms with Crippen molar-refractivity contribution in [3.63, 3.8) is 0 Å². The standard InChI is InChI=1S/C13H15N5OS/c1-2-14-9-7-11(18-12(16-9)8-3-4-8)20-13-15-6-5-10(19)17-13/h5-8H,2-4H2,1H3,(H,14,16,18)(H,15,17,19). The number of aromatic nitrogens is 4. The molecule has 20 heavy (non-hydrogen) atoms. The maximum Gasteiger partial charge on any atom is 0.251 e. The van der Waals surface area contributed by atoms with E-state index in [9.17, 15) is 4.79 Å². The summed E-state index contributed by atoms with van der Waals surface area (Å²) >= 11 is 1.34. The van der Waals surface area contributed by atoms with Crippen molar-refractivity contribution >= 4 is 17.6 Å². The van der Waals surface area contributed by atoms with Crippen LogP contribution in [0.2, 0.25) is 0 Å². The quantitative estimate of drug-likeness (QED) is 0.647. The van der Waals surface area contributed by atoms with E-state index in [-0.39, 0.29) is 5.56 Å². The van der Waals surface area contributed by atoms with Crippen molar-refractivity contribution in [1.82, 2.24) is 19.9 Å². The number of hydrogen-bond acceptors (Lipinski definition) is 6. The minimum absolute atomic E-state index is 0.161. The zero-order valence-electron chi connectivity index (χ0n) is 11.1. The normalized spacial score (nSPS) is 14.2. The highest BCUT2D eigenvalue weighted by Crippen LogP contribution is 2.39. The molecule has 1 aliphatic rings. The Hall–Kier alpha value is -1.89. The molecular formula is C13H15N5OS. The van der Waals surface area contributed by atoms with Gasteiger partial charge in [-0.15, -0.1) is 0 Å². The summed E-state index contributed by atoms with van der Waals surface area (Å²) in [7, 11) is 0. The summed E-state index contributed by atoms with van der Waals surface area (Å²) in [4.78, 5) is 27.2. The molecule has 0 unspecified atom stereocenters. The molecule has 0 spiro atoms. The SMILES string of the molecule is CCNc1cc(Sc2nccc(=O)[nH]2)nc(C2CC2)n1. The predicted octanol–water partition coefficient (Wildman–Crippen LogP) is 2.02. The fourth-order valence-corrected chi connectivity index (χ4v) is 2.57. The molecule has 0 amide bonds. The number of aromatic amines is 1. The van der Waals surface area contributed by atoms with Gasteiger partial charge in [0.15, 0.2) is 5.16 Å². The van der Waals surface area contributed by atoms with E-state index in [1.54, 1.807) is 0 Å². The Bertz CT molecular complexity index is 668. The number of nitrogens with zero attached hydrogens (tertiary/aromatic N) is 3. The van der Waals surface area contributed by atoms with Crippen LogP contribution in [0, 0.1) is 0 Å². The average Bonchev–Trinajstić information content (AvgIpc) is 3.23. The zero-order valence-corrected chi connectivity index (χ0v) is 11.9. The first-order chi connectivity index (χ1) is 9.74. The van der Waals surface area contributed by atoms with Gasteiger partial charge in [0, 0.05) is 30.8 Å². The third-order valence-electron chi connectivity index (χ3n) is 2.87. The lowest BCUT2D eigenvalue weighted by molar-refractivity contribution is 0.869. The number of H-pyrrole nitrogens is 1. The lowest BCUT2D eigenvalue weighted by Crippen LogP contribution is -2.06. The minimum atomic E-state index is -0.161. The number of rotatable bonds is 5. The van der Waals surface area contributed by atoms with Gasteiger partial charge in [-0.25, -0.2) is 15.0 Å². The first kappa shape index (κ1) is 13.1. The van der Waals surface area contributed by atoms with Gasteiger partial charge >= 0.3 is 0 Å². The van der Waals surface area contributed by atoms with Crippen molar-refractivity contribution in [3.8, 4) is 0 Å². The Morgan fingerprint density at radius 2 is 2.30 bits per heavy atom. The van der Waals surface area contributed by atoms with Crippen LogP contribution >= 0.6 is 11.8 Å². The largest absolute Gasteiger partial charge is 0.370 e. The van der Waals surface area contributed by atoms with Gasteiger partial charge in [-0.1, -0.05) is 0 Å². The molecule has 2 aromatic rings. The van der Waals surface area contributed by atoms with Gasteiger partial charge in [0.25, 0.3) is 5.56 Å². The molecule has 2 N–H and O–H groups in total. The predicted molar refractivity (Wildman–Crippen MR) is 77.2 cm³/mol. The van der Waals surface area contributed by atoms with Gasteiger partial charge in [0.2, 0.25) is 0 Å². The summed E-state index contributed by atoms with van der Waals surface area (Å²) in [5, 5.41) is 4.55. The van der Waals surface area contributed by atoms with Crippen LogP contribution in [0.15, 0.2) is 33.3 Å². The van der Waals surface area contributed by atoms with Gasteiger partial charge in [0.1, 0.15) is 16.7 Å². The molecule has 104 valence electrons. The molecule has 0 aliphatic heterocycles. The molecular weight excluding hydrogens is 274 g/mol. The van der Waals surface area contributed by atoms with Crippen LogP contribution in [-0.4, -0.2) is 26.5 Å². The van der Waals surface area contributed by atoms with Crippen molar-refractivity contribution in [2.75, 3.05) is 11.9 Å². The van der Waals surface area contributed by atoms with Crippen molar-refractivity contribution in [2.24, 2.45) is 0 Å². The van der Waals surface area contributed by atoms with E-state index in [0.717, 1.165) is 36.1 Å². The van der Waals surface area contributed by atoms with E-state index < -0.39 is 0 Å². The van der Waals surface area contributed by atoms with Gasteiger partial charge in [-0.05, 0) is 31.5 Å². The van der Waals surface area contributed by atoms with Crippen LogP contribution in [0.4, 0.5) is 5.82 Å². The molecule has 0 radical (unpaired) electrons. The molecule has 1 aliphatic carbocycles. The van der Waals surface area contributed by atoms with E-state index in [4.69, 9.17) is 0 Å². The Labute approximate surface area is 120 Å². The van der Waals surface area contributed by atoms with Gasteiger partial charge < -0.3 is 10.3 Å². The molecule has 0 atom stereocenters. The van der Waals surface area contributed by atoms with Crippen LogP contribution in [0.1, 0.15) is 31.5 Å². The lowest BCUT2D eigenvalue weighted by atomic mass is 10.4. The van der Waals surface area contributed by atoms with Crippen LogP contribution in [0.5, 0.6) is 0 Å². The Morgan fingerprint density at radius 1 is 1.45 bits per heavy atom. The highest BCUT2D eigenvalue weighted by Gasteiger charge is 2.27. The molecule has 7 heteroatoms. The highest BCUT2D eigenvalue weighted by atomic mass is 32.2. The van der Waals surface area contributed by atoms with Crippen molar-refractivity contribution < 1.29 is 0 Å². The third kappa shape index (κ3) is 3.16. The molecule has 0 saturated heterocycles. The van der Waals surface area contributed by atoms with E-state index >= 15 is 0 Å². The summed E-state index contributed by atoms with van der Waals surface area (Å²) < 4.78 is 0. The Morgan fingerprint density at radius 3 is 3.00 bits per heavy atom. The molecule has 0 aromatic carbocycles. The molecule has 6 nitrogen and oxygen atoms in total. The smallest absolute Gasteiger partial charge is 0.251 e. The summed E-state index contributed by atoms with van der Waals surface area (Å²) in [5.41, 5.74) is -0.161. The van der Waals surface area contributed by atoms with Crippen molar-refractivity contribution in [1.29, 1.82) is 0 Å². The fraction of sp³-hybridized carbons (Fsp3) is 0.385. The van der Waals surface area contributed by atoms with Crippen LogP contribution in [0.3, 0.4) is 0 Å². The van der Waals surface area contributed by atoms with E-state index in [2.05, 4.69) is 25.3 Å². The first-order valence-corrected chi connectivity index (χ1v) is 7.42. The second kappa shape index (κ2) is 5.62. The van der Waals surface area contributed by atoms with Crippen molar-refractivity contribution in [3.05, 3.63) is 34.5 Å². The molecule has 1 saturated carbocycles. The Balaban J connectivity index is 1.89. The average molecular weight is 289 g/mol. The fourth-order valence-electron chi connectivity index (χ4n) is 1.79. The van der Waals surface area contributed by atoms with Crippen LogP contribution in [0.25, 0.3) is 0 Å². The van der Waals surface area contributed by atoms with Gasteiger partial charge in [-0.3, -0.25) is 4.79 Å². The molecule has 2 aromatic heterocycles. The molecule has 1 fully saturated rings. The Kier molecular flexibility index (Phi) is 3.68. The molecule has 3 rings (SSSR count). The highest BCUT2D eigenvalue weighted by molar-refractivity contribution is 7.99. The summed E-state index contributed by atoms with van der Waals surface area (Å²) in [6.07, 6.45) is 3.80. The van der Waals surface area contributed by atoms with Crippen molar-refractivity contribution in [2.45, 2.75) is 35.9 Å². The second-order valence-electron chi connectivity index (χ2n) is 4.60. The second-order valence-corrected chi connectivity index (χ2v) is 5.60. The zero-order chi connectivity index (χ0) is 13.9. The van der Waals surface area contributed by atoms with Gasteiger partial charge in [-0.2, -0.15) is 0 Å². The van der Waals surface area contributed by atoms with E-state index in [0.29, 0.717) is 11.1 Å². The lowest BCUT2D eigenvalue weighted by Gasteiger charge is -2.07. The molecule has 2 heterocycles. The first-order valence-electron chi connectivity index (χ1n) is 6.60. The molecule has 0 bridgehead atoms. The van der Waals surface area contributed by atoms with E-state index in [1.807, 2.05) is 13.0 Å².